The minimum absolute atomic E-state index is 0.0530. The molecule has 2 rings (SSSR count). The maximum atomic E-state index is 10.8. The number of hydrogen-bond acceptors (Lipinski definition) is 5. The Morgan fingerprint density at radius 3 is 2.74 bits per heavy atom. The molecule has 0 fully saturated rings. The quantitative estimate of drug-likeness (QED) is 0.632. The van der Waals surface area contributed by atoms with Gasteiger partial charge in [0, 0.05) is 18.8 Å². The van der Waals surface area contributed by atoms with Crippen molar-refractivity contribution in [1.29, 1.82) is 0 Å². The van der Waals surface area contributed by atoms with E-state index in [1.54, 1.807) is 6.07 Å². The summed E-state index contributed by atoms with van der Waals surface area (Å²) in [6.45, 7) is 0.412. The molecule has 0 aliphatic rings. The molecule has 1 atom stereocenters. The van der Waals surface area contributed by atoms with Gasteiger partial charge in [0.25, 0.3) is 0 Å². The van der Waals surface area contributed by atoms with Crippen molar-refractivity contribution in [1.82, 2.24) is 4.98 Å². The first-order valence-electron chi connectivity index (χ1n) is 5.81. The van der Waals surface area contributed by atoms with Gasteiger partial charge in [-0.05, 0) is 11.6 Å². The molecular weight excluding hydrogens is 244 g/mol. The van der Waals surface area contributed by atoms with Crippen molar-refractivity contribution in [2.75, 3.05) is 11.9 Å². The van der Waals surface area contributed by atoms with Crippen molar-refractivity contribution in [3.63, 3.8) is 0 Å². The highest BCUT2D eigenvalue weighted by Gasteiger charge is 2.14. The minimum atomic E-state index is -0.469. The maximum absolute atomic E-state index is 10.8. The third-order valence-electron chi connectivity index (χ3n) is 2.74. The zero-order chi connectivity index (χ0) is 13.7. The number of aromatic nitrogens is 1. The monoisotopic (exact) mass is 258 g/mol. The lowest BCUT2D eigenvalue weighted by Crippen LogP contribution is -2.20. The predicted molar refractivity (Wildman–Crippen MR) is 72.8 cm³/mol. The molecule has 0 aliphatic heterocycles. The number of nitrogens with zero attached hydrogens (tertiary/aromatic N) is 2. The Labute approximate surface area is 110 Å². The first-order chi connectivity index (χ1) is 9.18. The van der Waals surface area contributed by atoms with Gasteiger partial charge in [0.2, 0.25) is 0 Å². The van der Waals surface area contributed by atoms with Gasteiger partial charge in [-0.2, -0.15) is 0 Å². The fraction of sp³-hybridized carbons (Fsp3) is 0.154. The number of nitrogens with one attached hydrogen (secondary N) is 1. The Morgan fingerprint density at radius 1 is 1.32 bits per heavy atom. The van der Waals surface area contributed by atoms with Gasteiger partial charge in [0.1, 0.15) is 11.9 Å². The smallest absolute Gasteiger partial charge is 0.310 e. The van der Waals surface area contributed by atoms with Crippen molar-refractivity contribution >= 4 is 11.4 Å². The summed E-state index contributed by atoms with van der Waals surface area (Å²) in [7, 11) is 0. The number of benzene rings is 1. The van der Waals surface area contributed by atoms with Crippen LogP contribution in [0.25, 0.3) is 0 Å². The number of rotatable bonds is 5. The zero-order valence-electron chi connectivity index (χ0n) is 10.2. The van der Waals surface area contributed by atoms with Crippen LogP contribution in [-0.4, -0.2) is 16.5 Å². The van der Waals surface area contributed by atoms with Gasteiger partial charge < -0.3 is 11.1 Å². The second-order valence-corrected chi connectivity index (χ2v) is 4.05. The van der Waals surface area contributed by atoms with E-state index in [9.17, 15) is 10.1 Å². The van der Waals surface area contributed by atoms with Crippen LogP contribution in [-0.2, 0) is 0 Å². The Morgan fingerprint density at radius 2 is 2.05 bits per heavy atom. The van der Waals surface area contributed by atoms with Crippen molar-refractivity contribution < 1.29 is 4.92 Å². The molecular formula is C13H14N4O2. The molecule has 0 aliphatic carbocycles. The Kier molecular flexibility index (Phi) is 4.04. The fourth-order valence-corrected chi connectivity index (χ4v) is 1.72. The molecule has 6 heteroatoms. The molecule has 0 saturated heterocycles. The molecule has 19 heavy (non-hydrogen) atoms. The number of pyridine rings is 1. The molecule has 1 aromatic carbocycles. The van der Waals surface area contributed by atoms with Crippen LogP contribution in [0.2, 0.25) is 0 Å². The van der Waals surface area contributed by atoms with Crippen LogP contribution in [0, 0.1) is 10.1 Å². The van der Waals surface area contributed by atoms with Crippen LogP contribution in [0.5, 0.6) is 0 Å². The molecule has 1 unspecified atom stereocenters. The SMILES string of the molecule is NC(CNc1ccncc1[N+](=O)[O-])c1ccccc1. The Bertz CT molecular complexity index is 560. The van der Waals surface area contributed by atoms with E-state index in [2.05, 4.69) is 10.3 Å². The van der Waals surface area contributed by atoms with Crippen molar-refractivity contribution in [3.8, 4) is 0 Å². The summed E-state index contributed by atoms with van der Waals surface area (Å²) in [5.41, 5.74) is 7.37. The van der Waals surface area contributed by atoms with Gasteiger partial charge in [-0.25, -0.2) is 0 Å². The average molecular weight is 258 g/mol. The van der Waals surface area contributed by atoms with E-state index in [0.29, 0.717) is 12.2 Å². The molecule has 1 aromatic heterocycles. The zero-order valence-corrected chi connectivity index (χ0v) is 10.2. The maximum Gasteiger partial charge on any atom is 0.310 e. The molecule has 6 nitrogen and oxygen atoms in total. The number of nitrogens with two attached hydrogens (primary N) is 1. The molecule has 0 radical (unpaired) electrons. The van der Waals surface area contributed by atoms with E-state index in [1.165, 1.54) is 12.4 Å². The molecule has 1 heterocycles. The van der Waals surface area contributed by atoms with Crippen LogP contribution in [0.4, 0.5) is 11.4 Å². The van der Waals surface area contributed by atoms with E-state index in [-0.39, 0.29) is 11.7 Å². The van der Waals surface area contributed by atoms with Crippen LogP contribution in [0.15, 0.2) is 48.8 Å². The summed E-state index contributed by atoms with van der Waals surface area (Å²) in [6.07, 6.45) is 2.72. The highest BCUT2D eigenvalue weighted by molar-refractivity contribution is 5.59. The van der Waals surface area contributed by atoms with E-state index < -0.39 is 4.92 Å². The van der Waals surface area contributed by atoms with E-state index in [1.807, 2.05) is 30.3 Å². The summed E-state index contributed by atoms with van der Waals surface area (Å²) in [5, 5.41) is 13.8. The van der Waals surface area contributed by atoms with E-state index in [4.69, 9.17) is 5.73 Å². The minimum Gasteiger partial charge on any atom is -0.377 e. The van der Waals surface area contributed by atoms with Gasteiger partial charge in [-0.15, -0.1) is 0 Å². The highest BCUT2D eigenvalue weighted by atomic mass is 16.6. The largest absolute Gasteiger partial charge is 0.377 e. The van der Waals surface area contributed by atoms with Gasteiger partial charge in [0.15, 0.2) is 0 Å². The van der Waals surface area contributed by atoms with Crippen LogP contribution in [0.3, 0.4) is 0 Å². The topological polar surface area (TPSA) is 94.1 Å². The molecule has 2 aromatic rings. The Hall–Kier alpha value is -2.47. The first kappa shape index (κ1) is 13.0. The molecule has 0 saturated carbocycles. The lowest BCUT2D eigenvalue weighted by atomic mass is 10.1. The van der Waals surface area contributed by atoms with Gasteiger partial charge in [-0.1, -0.05) is 30.3 Å². The first-order valence-corrected chi connectivity index (χ1v) is 5.81. The predicted octanol–water partition coefficient (Wildman–Crippen LogP) is 2.10. The molecule has 3 N–H and O–H groups in total. The van der Waals surface area contributed by atoms with Gasteiger partial charge in [-0.3, -0.25) is 15.1 Å². The Balaban J connectivity index is 2.05. The van der Waals surface area contributed by atoms with Crippen LogP contribution >= 0.6 is 0 Å². The number of hydrogen-bond donors (Lipinski definition) is 2. The number of anilines is 1. The summed E-state index contributed by atoms with van der Waals surface area (Å²) < 4.78 is 0. The van der Waals surface area contributed by atoms with Gasteiger partial charge >= 0.3 is 5.69 Å². The average Bonchev–Trinajstić information content (AvgIpc) is 2.46. The molecule has 0 spiro atoms. The van der Waals surface area contributed by atoms with Crippen molar-refractivity contribution in [2.24, 2.45) is 5.73 Å². The van der Waals surface area contributed by atoms with Crippen LogP contribution in [0.1, 0.15) is 11.6 Å². The van der Waals surface area contributed by atoms with Gasteiger partial charge in [0.05, 0.1) is 4.92 Å². The summed E-state index contributed by atoms with van der Waals surface area (Å²) >= 11 is 0. The molecule has 0 amide bonds. The highest BCUT2D eigenvalue weighted by Crippen LogP contribution is 2.22. The number of nitro groups is 1. The summed E-state index contributed by atoms with van der Waals surface area (Å²) in [4.78, 5) is 14.1. The fourth-order valence-electron chi connectivity index (χ4n) is 1.72. The standard InChI is InChI=1S/C13H14N4O2/c14-11(10-4-2-1-3-5-10)8-16-12-6-7-15-9-13(12)17(18)19/h1-7,9,11H,8,14H2,(H,15,16). The van der Waals surface area contributed by atoms with Crippen molar-refractivity contribution in [3.05, 3.63) is 64.5 Å². The second-order valence-electron chi connectivity index (χ2n) is 4.05. The second kappa shape index (κ2) is 5.92. The third kappa shape index (κ3) is 3.26. The third-order valence-corrected chi connectivity index (χ3v) is 2.74. The van der Waals surface area contributed by atoms with Crippen molar-refractivity contribution in [2.45, 2.75) is 6.04 Å². The lowest BCUT2D eigenvalue weighted by Gasteiger charge is -2.13. The molecule has 98 valence electrons. The van der Waals surface area contributed by atoms with E-state index in [0.717, 1.165) is 5.56 Å². The lowest BCUT2D eigenvalue weighted by molar-refractivity contribution is -0.384. The van der Waals surface area contributed by atoms with Crippen LogP contribution < -0.4 is 11.1 Å². The summed E-state index contributed by atoms with van der Waals surface area (Å²) in [6, 6.07) is 10.9. The molecule has 0 bridgehead atoms. The summed E-state index contributed by atoms with van der Waals surface area (Å²) in [5.74, 6) is 0. The van der Waals surface area contributed by atoms with E-state index >= 15 is 0 Å². The normalized spacial score (nSPS) is 11.8.